The maximum absolute atomic E-state index is 13.1. The molecule has 1 aromatic rings. The highest BCUT2D eigenvalue weighted by Crippen LogP contribution is 2.38. The Hall–Kier alpha value is -1.59. The molecule has 1 aliphatic heterocycles. The summed E-state index contributed by atoms with van der Waals surface area (Å²) in [5, 5.41) is 9.91. The molecular weight excluding hydrogens is 340 g/mol. The lowest BCUT2D eigenvalue weighted by molar-refractivity contribution is -0.137. The lowest BCUT2D eigenvalue weighted by atomic mass is 9.92. The summed E-state index contributed by atoms with van der Waals surface area (Å²) in [7, 11) is 1.73. The second-order valence-electron chi connectivity index (χ2n) is 6.57. The minimum absolute atomic E-state index is 0.0409. The number of hydrogen-bond acceptors (Lipinski definition) is 3. The Balaban J connectivity index is 2.23. The molecule has 1 heterocycles. The van der Waals surface area contributed by atoms with Gasteiger partial charge in [0.05, 0.1) is 18.6 Å². The van der Waals surface area contributed by atoms with E-state index in [-0.39, 0.29) is 30.9 Å². The molecule has 25 heavy (non-hydrogen) atoms. The van der Waals surface area contributed by atoms with Gasteiger partial charge in [0.1, 0.15) is 0 Å². The maximum atomic E-state index is 13.1. The fraction of sp³-hybridized carbons (Fsp3) is 0.579. The minimum atomic E-state index is -0.441. The molecule has 0 spiro atoms. The molecule has 0 radical (unpaired) electrons. The van der Waals surface area contributed by atoms with E-state index in [1.54, 1.807) is 22.9 Å². The summed E-state index contributed by atoms with van der Waals surface area (Å²) in [5.74, 6) is -0.544. The maximum Gasteiger partial charge on any atom is 0.228 e. The number of nitrogens with zero attached hydrogens (tertiary/aromatic N) is 2. The van der Waals surface area contributed by atoms with Crippen LogP contribution in [0.3, 0.4) is 0 Å². The average molecular weight is 367 g/mol. The summed E-state index contributed by atoms with van der Waals surface area (Å²) in [5.41, 5.74) is 0.872. The highest BCUT2D eigenvalue weighted by Gasteiger charge is 2.44. The fourth-order valence-electron chi connectivity index (χ4n) is 3.48. The largest absolute Gasteiger partial charge is 0.395 e. The van der Waals surface area contributed by atoms with Gasteiger partial charge in [-0.3, -0.25) is 9.59 Å². The number of amides is 2. The van der Waals surface area contributed by atoms with Gasteiger partial charge in [-0.1, -0.05) is 43.5 Å². The first-order valence-corrected chi connectivity index (χ1v) is 9.28. The van der Waals surface area contributed by atoms with E-state index >= 15 is 0 Å². The molecule has 138 valence electrons. The second kappa shape index (κ2) is 9.20. The molecule has 1 N–H and O–H groups in total. The van der Waals surface area contributed by atoms with Crippen LogP contribution in [0.1, 0.15) is 44.2 Å². The Kier molecular flexibility index (Phi) is 7.26. The third-order valence-electron chi connectivity index (χ3n) is 4.81. The van der Waals surface area contributed by atoms with Crippen molar-refractivity contribution in [3.8, 4) is 0 Å². The number of carbonyl (C=O) groups excluding carboxylic acids is 2. The average Bonchev–Trinajstić information content (AvgIpc) is 2.89. The first kappa shape index (κ1) is 19.7. The van der Waals surface area contributed by atoms with Crippen LogP contribution in [0.5, 0.6) is 0 Å². The molecule has 0 unspecified atom stereocenters. The first-order chi connectivity index (χ1) is 12.0. The second-order valence-corrected chi connectivity index (χ2v) is 7.01. The first-order valence-electron chi connectivity index (χ1n) is 8.90. The molecule has 1 aliphatic rings. The summed E-state index contributed by atoms with van der Waals surface area (Å²) in [4.78, 5) is 28.7. The third kappa shape index (κ3) is 4.73. The van der Waals surface area contributed by atoms with E-state index in [1.807, 2.05) is 18.2 Å². The van der Waals surface area contributed by atoms with Gasteiger partial charge in [0.25, 0.3) is 0 Å². The Labute approximate surface area is 154 Å². The standard InChI is InChI=1S/C19H27ClN2O3/c1-3-4-5-9-22(10-11-23)19(25)16-13-17(24)21(2)18(16)14-7-6-8-15(20)12-14/h6-8,12,16,18,23H,3-5,9-11,13H2,1-2H3/t16-,18+/m0/s1. The van der Waals surface area contributed by atoms with Crippen LogP contribution in [0.2, 0.25) is 5.02 Å². The number of carbonyl (C=O) groups is 2. The van der Waals surface area contributed by atoms with Crippen LogP contribution in [-0.2, 0) is 9.59 Å². The van der Waals surface area contributed by atoms with Gasteiger partial charge in [-0.15, -0.1) is 0 Å². The SMILES string of the molecule is CCCCCN(CCO)C(=O)[C@H]1CC(=O)N(C)[C@@H]1c1cccc(Cl)c1. The van der Waals surface area contributed by atoms with Crippen molar-refractivity contribution in [2.24, 2.45) is 5.92 Å². The van der Waals surface area contributed by atoms with E-state index in [4.69, 9.17) is 11.6 Å². The van der Waals surface area contributed by atoms with Gasteiger partial charge in [-0.05, 0) is 24.1 Å². The van der Waals surface area contributed by atoms with Crippen LogP contribution in [0.4, 0.5) is 0 Å². The van der Waals surface area contributed by atoms with Crippen LogP contribution >= 0.6 is 11.6 Å². The van der Waals surface area contributed by atoms with Crippen molar-refractivity contribution in [1.82, 2.24) is 9.80 Å². The van der Waals surface area contributed by atoms with E-state index in [9.17, 15) is 14.7 Å². The molecule has 1 saturated heterocycles. The molecule has 5 nitrogen and oxygen atoms in total. The molecule has 1 aromatic carbocycles. The molecule has 2 amide bonds. The van der Waals surface area contributed by atoms with Crippen LogP contribution in [0, 0.1) is 5.92 Å². The Morgan fingerprint density at radius 3 is 2.76 bits per heavy atom. The Bertz CT molecular complexity index is 608. The van der Waals surface area contributed by atoms with Crippen molar-refractivity contribution in [3.05, 3.63) is 34.9 Å². The number of aliphatic hydroxyl groups is 1. The molecule has 0 saturated carbocycles. The fourth-order valence-corrected chi connectivity index (χ4v) is 3.68. The monoisotopic (exact) mass is 366 g/mol. The van der Waals surface area contributed by atoms with Crippen molar-refractivity contribution in [3.63, 3.8) is 0 Å². The Morgan fingerprint density at radius 1 is 1.36 bits per heavy atom. The minimum Gasteiger partial charge on any atom is -0.395 e. The lowest BCUT2D eigenvalue weighted by Crippen LogP contribution is -2.40. The topological polar surface area (TPSA) is 60.9 Å². The summed E-state index contributed by atoms with van der Waals surface area (Å²) < 4.78 is 0. The number of benzene rings is 1. The molecule has 2 rings (SSSR count). The van der Waals surface area contributed by atoms with Gasteiger partial charge >= 0.3 is 0 Å². The third-order valence-corrected chi connectivity index (χ3v) is 5.04. The van der Waals surface area contributed by atoms with Crippen molar-refractivity contribution >= 4 is 23.4 Å². The predicted molar refractivity (Wildman–Crippen MR) is 98.3 cm³/mol. The molecule has 0 aliphatic carbocycles. The number of hydrogen-bond donors (Lipinski definition) is 1. The molecule has 2 atom stereocenters. The number of aliphatic hydroxyl groups excluding tert-OH is 1. The highest BCUT2D eigenvalue weighted by atomic mass is 35.5. The van der Waals surface area contributed by atoms with Gasteiger partial charge < -0.3 is 14.9 Å². The normalized spacial score (nSPS) is 20.2. The van der Waals surface area contributed by atoms with Crippen molar-refractivity contribution in [2.75, 3.05) is 26.7 Å². The van der Waals surface area contributed by atoms with Gasteiger partial charge in [0.2, 0.25) is 11.8 Å². The number of halogens is 1. The van der Waals surface area contributed by atoms with E-state index in [2.05, 4.69) is 6.92 Å². The zero-order chi connectivity index (χ0) is 18.4. The molecule has 6 heteroatoms. The van der Waals surface area contributed by atoms with Crippen LogP contribution in [0.15, 0.2) is 24.3 Å². The van der Waals surface area contributed by atoms with Crippen molar-refractivity contribution in [2.45, 2.75) is 38.6 Å². The van der Waals surface area contributed by atoms with Gasteiger partial charge in [-0.25, -0.2) is 0 Å². The number of unbranched alkanes of at least 4 members (excludes halogenated alkanes) is 2. The van der Waals surface area contributed by atoms with E-state index in [1.165, 1.54) is 0 Å². The van der Waals surface area contributed by atoms with Crippen molar-refractivity contribution < 1.29 is 14.7 Å². The van der Waals surface area contributed by atoms with Crippen molar-refractivity contribution in [1.29, 1.82) is 0 Å². The smallest absolute Gasteiger partial charge is 0.228 e. The number of likely N-dealkylation sites (tertiary alicyclic amines) is 1. The predicted octanol–water partition coefficient (Wildman–Crippen LogP) is 2.87. The van der Waals surface area contributed by atoms with E-state index in [0.717, 1.165) is 24.8 Å². The molecule has 1 fully saturated rings. The zero-order valence-corrected chi connectivity index (χ0v) is 15.7. The summed E-state index contributed by atoms with van der Waals surface area (Å²) >= 11 is 6.10. The van der Waals surface area contributed by atoms with Crippen LogP contribution in [-0.4, -0.2) is 53.5 Å². The highest BCUT2D eigenvalue weighted by molar-refractivity contribution is 6.30. The molecule has 0 aromatic heterocycles. The molecular formula is C19H27ClN2O3. The van der Waals surface area contributed by atoms with Gasteiger partial charge in [0, 0.05) is 31.6 Å². The lowest BCUT2D eigenvalue weighted by Gasteiger charge is -2.30. The van der Waals surface area contributed by atoms with Gasteiger partial charge in [0.15, 0.2) is 0 Å². The van der Waals surface area contributed by atoms with Crippen LogP contribution in [0.25, 0.3) is 0 Å². The summed E-state index contributed by atoms with van der Waals surface area (Å²) in [6.45, 7) is 2.96. The number of rotatable bonds is 8. The van der Waals surface area contributed by atoms with E-state index < -0.39 is 5.92 Å². The van der Waals surface area contributed by atoms with Crippen LogP contribution < -0.4 is 0 Å². The summed E-state index contributed by atoms with van der Waals surface area (Å²) in [6.07, 6.45) is 3.20. The Morgan fingerprint density at radius 2 is 2.12 bits per heavy atom. The van der Waals surface area contributed by atoms with E-state index in [0.29, 0.717) is 18.1 Å². The molecule has 0 bridgehead atoms. The van der Waals surface area contributed by atoms with Gasteiger partial charge in [-0.2, -0.15) is 0 Å². The zero-order valence-electron chi connectivity index (χ0n) is 14.9. The quantitative estimate of drug-likeness (QED) is 0.719. The summed E-state index contributed by atoms with van der Waals surface area (Å²) in [6, 6.07) is 7.02.